The lowest BCUT2D eigenvalue weighted by Gasteiger charge is -2.02. The molecular weight excluding hydrogens is 273 g/mol. The van der Waals surface area contributed by atoms with Gasteiger partial charge >= 0.3 is 5.69 Å². The molecule has 0 saturated carbocycles. The van der Waals surface area contributed by atoms with Crippen molar-refractivity contribution in [3.05, 3.63) is 56.6 Å². The second kappa shape index (κ2) is 5.36. The van der Waals surface area contributed by atoms with Gasteiger partial charge in [-0.1, -0.05) is 30.7 Å². The molecule has 0 bridgehead atoms. The lowest BCUT2D eigenvalue weighted by molar-refractivity contribution is -0.385. The molecule has 0 aliphatic heterocycles. The molecule has 19 heavy (non-hydrogen) atoms. The molecule has 0 spiro atoms. The molecule has 100 valence electrons. The largest absolute Gasteiger partial charge is 0.329 e. The van der Waals surface area contributed by atoms with E-state index in [4.69, 9.17) is 11.6 Å². The Morgan fingerprint density at radius 3 is 2.79 bits per heavy atom. The summed E-state index contributed by atoms with van der Waals surface area (Å²) in [5.74, 6) is -0.369. The van der Waals surface area contributed by atoms with Crippen molar-refractivity contribution >= 4 is 17.3 Å². The summed E-state index contributed by atoms with van der Waals surface area (Å²) < 4.78 is 14.4. The molecule has 0 radical (unpaired) electrons. The van der Waals surface area contributed by atoms with E-state index in [-0.39, 0.29) is 23.2 Å². The van der Waals surface area contributed by atoms with Crippen LogP contribution in [0.5, 0.6) is 0 Å². The second-order valence-corrected chi connectivity index (χ2v) is 4.34. The van der Waals surface area contributed by atoms with Gasteiger partial charge < -0.3 is 0 Å². The Hall–Kier alpha value is -1.95. The van der Waals surface area contributed by atoms with E-state index in [0.717, 1.165) is 0 Å². The van der Waals surface area contributed by atoms with Gasteiger partial charge in [-0.25, -0.2) is 9.07 Å². The Labute approximate surface area is 113 Å². The van der Waals surface area contributed by atoms with Gasteiger partial charge in [-0.05, 0) is 24.1 Å². The first-order valence-corrected chi connectivity index (χ1v) is 6.04. The Bertz CT molecular complexity index is 627. The summed E-state index contributed by atoms with van der Waals surface area (Å²) in [6.45, 7) is 1.95. The minimum atomic E-state index is -0.545. The Kier molecular flexibility index (Phi) is 3.80. The monoisotopic (exact) mass is 283 g/mol. The fourth-order valence-corrected chi connectivity index (χ4v) is 2.09. The summed E-state index contributed by atoms with van der Waals surface area (Å²) in [5, 5.41) is 15.0. The molecule has 1 aromatic carbocycles. The third kappa shape index (κ3) is 2.73. The molecule has 0 unspecified atom stereocenters. The number of hydrogen-bond acceptors (Lipinski definition) is 3. The van der Waals surface area contributed by atoms with Crippen LogP contribution in [0.4, 0.5) is 10.1 Å². The number of aryl methyl sites for hydroxylation is 1. The Morgan fingerprint density at radius 2 is 2.26 bits per heavy atom. The van der Waals surface area contributed by atoms with Crippen LogP contribution in [-0.2, 0) is 13.0 Å². The molecule has 7 heteroatoms. The number of nitro groups is 1. The van der Waals surface area contributed by atoms with Gasteiger partial charge in [0, 0.05) is 0 Å². The van der Waals surface area contributed by atoms with E-state index >= 15 is 0 Å². The standard InChI is InChI=1S/C12H11ClFN3O2/c1-2-10-11(17(18)19)12(13)16(15-10)7-8-4-3-5-9(14)6-8/h3-6H,2,7H2,1H3. The van der Waals surface area contributed by atoms with Crippen molar-refractivity contribution in [2.45, 2.75) is 19.9 Å². The summed E-state index contributed by atoms with van der Waals surface area (Å²) in [4.78, 5) is 10.4. The number of rotatable bonds is 4. The van der Waals surface area contributed by atoms with Gasteiger partial charge in [-0.15, -0.1) is 0 Å². The van der Waals surface area contributed by atoms with Crippen molar-refractivity contribution in [1.29, 1.82) is 0 Å². The molecule has 5 nitrogen and oxygen atoms in total. The smallest absolute Gasteiger partial charge is 0.258 e. The first kappa shape index (κ1) is 13.5. The van der Waals surface area contributed by atoms with Crippen LogP contribution in [0.1, 0.15) is 18.2 Å². The molecule has 0 amide bonds. The first-order chi connectivity index (χ1) is 9.02. The van der Waals surface area contributed by atoms with E-state index in [1.54, 1.807) is 19.1 Å². The fraction of sp³-hybridized carbons (Fsp3) is 0.250. The van der Waals surface area contributed by atoms with Crippen LogP contribution < -0.4 is 0 Å². The van der Waals surface area contributed by atoms with Crippen molar-refractivity contribution in [3.8, 4) is 0 Å². The maximum Gasteiger partial charge on any atom is 0.329 e. The minimum absolute atomic E-state index is 0.0360. The maximum atomic E-state index is 13.1. The van der Waals surface area contributed by atoms with E-state index < -0.39 is 4.92 Å². The highest BCUT2D eigenvalue weighted by Crippen LogP contribution is 2.29. The fourth-order valence-electron chi connectivity index (χ4n) is 1.81. The predicted octanol–water partition coefficient (Wildman–Crippen LogP) is 3.19. The third-order valence-corrected chi connectivity index (χ3v) is 3.05. The molecule has 0 aliphatic carbocycles. The van der Waals surface area contributed by atoms with Crippen LogP contribution >= 0.6 is 11.6 Å². The molecule has 1 aromatic heterocycles. The van der Waals surface area contributed by atoms with Gasteiger partial charge in [0.15, 0.2) is 0 Å². The zero-order chi connectivity index (χ0) is 14.0. The normalized spacial score (nSPS) is 10.7. The van der Waals surface area contributed by atoms with Crippen LogP contribution in [0.3, 0.4) is 0 Å². The van der Waals surface area contributed by atoms with Crippen LogP contribution in [-0.4, -0.2) is 14.7 Å². The van der Waals surface area contributed by atoms with Crippen molar-refractivity contribution < 1.29 is 9.31 Å². The van der Waals surface area contributed by atoms with E-state index in [2.05, 4.69) is 5.10 Å². The number of aromatic nitrogens is 2. The number of nitrogens with zero attached hydrogens (tertiary/aromatic N) is 3. The zero-order valence-electron chi connectivity index (χ0n) is 10.1. The molecule has 0 atom stereocenters. The topological polar surface area (TPSA) is 61.0 Å². The SMILES string of the molecule is CCc1nn(Cc2cccc(F)c2)c(Cl)c1[N+](=O)[O-]. The highest BCUT2D eigenvalue weighted by Gasteiger charge is 2.25. The quantitative estimate of drug-likeness (QED) is 0.639. The van der Waals surface area contributed by atoms with Crippen molar-refractivity contribution in [2.75, 3.05) is 0 Å². The first-order valence-electron chi connectivity index (χ1n) is 5.67. The summed E-state index contributed by atoms with van der Waals surface area (Å²) in [6.07, 6.45) is 0.409. The lowest BCUT2D eigenvalue weighted by Crippen LogP contribution is -2.02. The lowest BCUT2D eigenvalue weighted by atomic mass is 10.2. The van der Waals surface area contributed by atoms with Gasteiger partial charge in [-0.2, -0.15) is 5.10 Å². The zero-order valence-corrected chi connectivity index (χ0v) is 10.9. The summed E-state index contributed by atoms with van der Waals surface area (Å²) in [7, 11) is 0. The van der Waals surface area contributed by atoms with Crippen molar-refractivity contribution in [3.63, 3.8) is 0 Å². The maximum absolute atomic E-state index is 13.1. The van der Waals surface area contributed by atoms with Gasteiger partial charge in [0.05, 0.1) is 11.5 Å². The van der Waals surface area contributed by atoms with E-state index in [0.29, 0.717) is 17.7 Å². The summed E-state index contributed by atoms with van der Waals surface area (Å²) in [5.41, 5.74) is 0.786. The van der Waals surface area contributed by atoms with Crippen LogP contribution in [0.25, 0.3) is 0 Å². The van der Waals surface area contributed by atoms with Gasteiger partial charge in [0.2, 0.25) is 5.15 Å². The molecule has 1 heterocycles. The van der Waals surface area contributed by atoms with Gasteiger partial charge in [0.1, 0.15) is 11.5 Å². The number of hydrogen-bond donors (Lipinski definition) is 0. The molecule has 2 aromatic rings. The average Bonchev–Trinajstić information content (AvgIpc) is 2.66. The molecule has 0 aliphatic rings. The van der Waals surface area contributed by atoms with Crippen molar-refractivity contribution in [2.24, 2.45) is 0 Å². The van der Waals surface area contributed by atoms with Crippen molar-refractivity contribution in [1.82, 2.24) is 9.78 Å². The minimum Gasteiger partial charge on any atom is -0.258 e. The van der Waals surface area contributed by atoms with E-state index in [1.165, 1.54) is 16.8 Å². The highest BCUT2D eigenvalue weighted by molar-refractivity contribution is 6.31. The van der Waals surface area contributed by atoms with Crippen LogP contribution in [0.2, 0.25) is 5.15 Å². The van der Waals surface area contributed by atoms with Gasteiger partial charge in [0.25, 0.3) is 0 Å². The summed E-state index contributed by atoms with van der Waals surface area (Å²) in [6, 6.07) is 5.94. The van der Waals surface area contributed by atoms with E-state index in [1.807, 2.05) is 0 Å². The predicted molar refractivity (Wildman–Crippen MR) is 68.8 cm³/mol. The number of benzene rings is 1. The third-order valence-electron chi connectivity index (χ3n) is 2.68. The highest BCUT2D eigenvalue weighted by atomic mass is 35.5. The molecule has 2 rings (SSSR count). The number of halogens is 2. The molecule has 0 N–H and O–H groups in total. The van der Waals surface area contributed by atoms with E-state index in [9.17, 15) is 14.5 Å². The average molecular weight is 284 g/mol. The molecule has 0 fully saturated rings. The van der Waals surface area contributed by atoms with Gasteiger partial charge in [-0.3, -0.25) is 10.1 Å². The molecule has 0 saturated heterocycles. The second-order valence-electron chi connectivity index (χ2n) is 3.98. The van der Waals surface area contributed by atoms with Crippen LogP contribution in [0.15, 0.2) is 24.3 Å². The van der Waals surface area contributed by atoms with Crippen LogP contribution in [0, 0.1) is 15.9 Å². The molecular formula is C12H11ClFN3O2. The Balaban J connectivity index is 2.38. The Morgan fingerprint density at radius 1 is 1.53 bits per heavy atom. The summed E-state index contributed by atoms with van der Waals surface area (Å²) >= 11 is 5.96.